The third-order valence-corrected chi connectivity index (χ3v) is 5.01. The molecule has 0 fully saturated rings. The lowest BCUT2D eigenvalue weighted by Gasteiger charge is -2.23. The molecule has 0 saturated heterocycles. The molecule has 28 heavy (non-hydrogen) atoms. The zero-order valence-corrected chi connectivity index (χ0v) is 16.6. The summed E-state index contributed by atoms with van der Waals surface area (Å²) in [4.78, 5) is 25.2. The molecular weight excluding hydrogens is 380 g/mol. The zero-order valence-electron chi connectivity index (χ0n) is 15.8. The third-order valence-electron chi connectivity index (χ3n) is 4.14. The van der Waals surface area contributed by atoms with Gasteiger partial charge in [0.1, 0.15) is 6.79 Å². The number of nitrogens with one attached hydrogen (secondary N) is 2. The van der Waals surface area contributed by atoms with E-state index in [9.17, 15) is 9.59 Å². The molecular formula is C20H26N2O5S. The summed E-state index contributed by atoms with van der Waals surface area (Å²) < 4.78 is 10.7. The molecule has 0 spiro atoms. The maximum absolute atomic E-state index is 12.4. The zero-order chi connectivity index (χ0) is 20.2. The minimum atomic E-state index is -0.531. The normalized spacial score (nSPS) is 12.9. The molecule has 3 N–H and O–H groups in total. The summed E-state index contributed by atoms with van der Waals surface area (Å²) >= 11 is 1.34. The summed E-state index contributed by atoms with van der Waals surface area (Å²) in [6.45, 7) is 2.69. The van der Waals surface area contributed by atoms with Crippen molar-refractivity contribution in [3.63, 3.8) is 0 Å². The largest absolute Gasteiger partial charge is 0.356 e. The molecule has 152 valence electrons. The Bertz CT molecular complexity index is 709. The van der Waals surface area contributed by atoms with Crippen LogP contribution in [0, 0.1) is 5.92 Å². The molecule has 2 unspecified atom stereocenters. The Kier molecular flexibility index (Phi) is 9.64. The summed E-state index contributed by atoms with van der Waals surface area (Å²) in [6.07, 6.45) is 0.745. The van der Waals surface area contributed by atoms with Crippen LogP contribution in [0.4, 0.5) is 0 Å². The Morgan fingerprint density at radius 3 is 2.57 bits per heavy atom. The molecule has 2 aromatic rings. The number of thiophene rings is 1. The summed E-state index contributed by atoms with van der Waals surface area (Å²) in [5.74, 6) is -1.25. The standard InChI is InChI=1S/C20H26N2O5S/c1-2-26-14-27-13-17(21-20(24)18-9-6-10-28-18)12-16(19(23)22-25)11-15-7-4-3-5-8-15/h3-10,16-17,25H,2,11-14H2,1H3,(H,21,24)(H,22,23). The first kappa shape index (κ1) is 22.0. The maximum atomic E-state index is 12.4. The molecule has 2 amide bonds. The fourth-order valence-electron chi connectivity index (χ4n) is 2.78. The lowest BCUT2D eigenvalue weighted by molar-refractivity contribution is -0.134. The van der Waals surface area contributed by atoms with E-state index < -0.39 is 17.9 Å². The van der Waals surface area contributed by atoms with E-state index >= 15 is 0 Å². The molecule has 1 heterocycles. The molecule has 8 heteroatoms. The van der Waals surface area contributed by atoms with Crippen molar-refractivity contribution in [3.05, 3.63) is 58.3 Å². The van der Waals surface area contributed by atoms with Crippen LogP contribution >= 0.6 is 11.3 Å². The molecule has 1 aromatic heterocycles. The predicted molar refractivity (Wildman–Crippen MR) is 106 cm³/mol. The van der Waals surface area contributed by atoms with E-state index in [-0.39, 0.29) is 19.3 Å². The van der Waals surface area contributed by atoms with Crippen LogP contribution in [0.5, 0.6) is 0 Å². The Balaban J connectivity index is 2.06. The number of amides is 2. The number of hydrogen-bond donors (Lipinski definition) is 3. The summed E-state index contributed by atoms with van der Waals surface area (Å²) in [5.41, 5.74) is 2.70. The molecule has 2 rings (SSSR count). The van der Waals surface area contributed by atoms with Crippen molar-refractivity contribution in [2.24, 2.45) is 5.92 Å². The van der Waals surface area contributed by atoms with Crippen LogP contribution in [0.25, 0.3) is 0 Å². The second kappa shape index (κ2) is 12.2. The Labute approximate surface area is 168 Å². The molecule has 1 aromatic carbocycles. The maximum Gasteiger partial charge on any atom is 0.261 e. The Hall–Kier alpha value is -2.26. The number of carbonyl (C=O) groups excluding carboxylic acids is 2. The van der Waals surface area contributed by atoms with Crippen LogP contribution in [-0.2, 0) is 20.7 Å². The fourth-order valence-corrected chi connectivity index (χ4v) is 3.41. The van der Waals surface area contributed by atoms with E-state index in [0.29, 0.717) is 24.3 Å². The lowest BCUT2D eigenvalue weighted by atomic mass is 9.92. The van der Waals surface area contributed by atoms with E-state index in [1.54, 1.807) is 17.6 Å². The minimum Gasteiger partial charge on any atom is -0.356 e. The number of benzene rings is 1. The Morgan fingerprint density at radius 1 is 1.14 bits per heavy atom. The molecule has 0 saturated carbocycles. The van der Waals surface area contributed by atoms with Crippen LogP contribution in [-0.4, -0.2) is 43.1 Å². The molecule has 0 bridgehead atoms. The molecule has 0 aliphatic carbocycles. The van der Waals surface area contributed by atoms with E-state index in [1.807, 2.05) is 42.6 Å². The quantitative estimate of drug-likeness (QED) is 0.218. The molecule has 0 aliphatic heterocycles. The van der Waals surface area contributed by atoms with E-state index in [2.05, 4.69) is 5.32 Å². The van der Waals surface area contributed by atoms with E-state index in [1.165, 1.54) is 11.3 Å². The monoisotopic (exact) mass is 406 g/mol. The van der Waals surface area contributed by atoms with Crippen molar-refractivity contribution >= 4 is 23.2 Å². The highest BCUT2D eigenvalue weighted by molar-refractivity contribution is 7.12. The summed E-state index contributed by atoms with van der Waals surface area (Å²) in [5, 5.41) is 13.9. The van der Waals surface area contributed by atoms with Crippen molar-refractivity contribution in [2.75, 3.05) is 20.0 Å². The van der Waals surface area contributed by atoms with Gasteiger partial charge in [-0.15, -0.1) is 11.3 Å². The van der Waals surface area contributed by atoms with Gasteiger partial charge < -0.3 is 14.8 Å². The number of hydroxylamine groups is 1. The van der Waals surface area contributed by atoms with Gasteiger partial charge in [0.2, 0.25) is 5.91 Å². The highest BCUT2D eigenvalue weighted by atomic mass is 32.1. The van der Waals surface area contributed by atoms with Crippen LogP contribution < -0.4 is 10.8 Å². The Morgan fingerprint density at radius 2 is 1.93 bits per heavy atom. The molecule has 2 atom stereocenters. The number of ether oxygens (including phenoxy) is 2. The second-order valence-electron chi connectivity index (χ2n) is 6.23. The highest BCUT2D eigenvalue weighted by Crippen LogP contribution is 2.17. The second-order valence-corrected chi connectivity index (χ2v) is 7.18. The van der Waals surface area contributed by atoms with Gasteiger partial charge in [-0.1, -0.05) is 36.4 Å². The number of rotatable bonds is 12. The smallest absolute Gasteiger partial charge is 0.261 e. The van der Waals surface area contributed by atoms with Crippen LogP contribution in [0.1, 0.15) is 28.6 Å². The highest BCUT2D eigenvalue weighted by Gasteiger charge is 2.25. The average molecular weight is 407 g/mol. The van der Waals surface area contributed by atoms with Gasteiger partial charge >= 0.3 is 0 Å². The summed E-state index contributed by atoms with van der Waals surface area (Å²) in [7, 11) is 0. The predicted octanol–water partition coefficient (Wildman–Crippen LogP) is 2.61. The van der Waals surface area contributed by atoms with Gasteiger partial charge in [-0.05, 0) is 36.8 Å². The summed E-state index contributed by atoms with van der Waals surface area (Å²) in [6, 6.07) is 12.6. The van der Waals surface area contributed by atoms with Crippen LogP contribution in [0.2, 0.25) is 0 Å². The van der Waals surface area contributed by atoms with Crippen molar-refractivity contribution in [3.8, 4) is 0 Å². The first-order chi connectivity index (χ1) is 13.6. The van der Waals surface area contributed by atoms with E-state index in [4.69, 9.17) is 14.7 Å². The van der Waals surface area contributed by atoms with Crippen molar-refractivity contribution in [2.45, 2.75) is 25.8 Å². The van der Waals surface area contributed by atoms with Gasteiger partial charge in [-0.25, -0.2) is 5.48 Å². The number of hydrogen-bond acceptors (Lipinski definition) is 6. The van der Waals surface area contributed by atoms with Crippen molar-refractivity contribution in [1.82, 2.24) is 10.8 Å². The molecule has 7 nitrogen and oxygen atoms in total. The lowest BCUT2D eigenvalue weighted by Crippen LogP contribution is -2.42. The van der Waals surface area contributed by atoms with E-state index in [0.717, 1.165) is 5.56 Å². The molecule has 0 radical (unpaired) electrons. The van der Waals surface area contributed by atoms with Gasteiger partial charge in [-0.3, -0.25) is 14.8 Å². The molecule has 0 aliphatic rings. The SMILES string of the molecule is CCOCOCC(CC(Cc1ccccc1)C(=O)NO)NC(=O)c1cccs1. The van der Waals surface area contributed by atoms with Crippen LogP contribution in [0.15, 0.2) is 47.8 Å². The van der Waals surface area contributed by atoms with Crippen molar-refractivity contribution < 1.29 is 24.3 Å². The third kappa shape index (κ3) is 7.40. The average Bonchev–Trinajstić information content (AvgIpc) is 3.25. The van der Waals surface area contributed by atoms with Gasteiger partial charge in [0.05, 0.1) is 17.5 Å². The number of carbonyl (C=O) groups is 2. The van der Waals surface area contributed by atoms with Gasteiger partial charge in [0, 0.05) is 12.5 Å². The topological polar surface area (TPSA) is 96.9 Å². The van der Waals surface area contributed by atoms with Gasteiger partial charge in [-0.2, -0.15) is 0 Å². The minimum absolute atomic E-state index is 0.109. The van der Waals surface area contributed by atoms with Gasteiger partial charge in [0.15, 0.2) is 0 Å². The fraction of sp³-hybridized carbons (Fsp3) is 0.400. The van der Waals surface area contributed by atoms with Crippen molar-refractivity contribution in [1.29, 1.82) is 0 Å². The van der Waals surface area contributed by atoms with Crippen LogP contribution in [0.3, 0.4) is 0 Å². The first-order valence-electron chi connectivity index (χ1n) is 9.11. The first-order valence-corrected chi connectivity index (χ1v) is 9.99. The van der Waals surface area contributed by atoms with Gasteiger partial charge in [0.25, 0.3) is 5.91 Å².